The minimum absolute atomic E-state index is 0.0300. The molecule has 1 atom stereocenters. The first-order chi connectivity index (χ1) is 11.6. The predicted molar refractivity (Wildman–Crippen MR) is 80.7 cm³/mol. The first-order valence-corrected chi connectivity index (χ1v) is 8.24. The lowest BCUT2D eigenvalue weighted by Crippen LogP contribution is -2.57. The van der Waals surface area contributed by atoms with Crippen molar-refractivity contribution in [3.63, 3.8) is 0 Å². The molecule has 0 aromatic heterocycles. The number of carboxylic acid groups (broad SMARTS) is 1. The van der Waals surface area contributed by atoms with Crippen LogP contribution in [0.5, 0.6) is 0 Å². The Bertz CT molecular complexity index is 533. The predicted octanol–water partition coefficient (Wildman–Crippen LogP) is 1.39. The molecule has 0 radical (unpaired) electrons. The number of piperidine rings is 1. The van der Waals surface area contributed by atoms with Crippen molar-refractivity contribution in [3.05, 3.63) is 0 Å². The quantitative estimate of drug-likeness (QED) is 0.820. The Morgan fingerprint density at radius 2 is 1.76 bits per heavy atom. The summed E-state index contributed by atoms with van der Waals surface area (Å²) in [6.07, 6.45) is -5.54. The Labute approximate surface area is 143 Å². The molecule has 0 aliphatic carbocycles. The first kappa shape index (κ1) is 19.3. The molecule has 0 unspecified atom stereocenters. The van der Waals surface area contributed by atoms with Gasteiger partial charge in [-0.2, -0.15) is 13.2 Å². The van der Waals surface area contributed by atoms with Crippen LogP contribution in [0, 0.1) is 5.92 Å². The summed E-state index contributed by atoms with van der Waals surface area (Å²) in [6, 6.07) is -0.802. The van der Waals surface area contributed by atoms with Crippen LogP contribution >= 0.6 is 0 Å². The molecular weight excluding hydrogens is 343 g/mol. The lowest BCUT2D eigenvalue weighted by molar-refractivity contribution is -0.186. The second-order valence-corrected chi connectivity index (χ2v) is 6.42. The van der Waals surface area contributed by atoms with E-state index in [0.29, 0.717) is 0 Å². The zero-order valence-electron chi connectivity index (χ0n) is 14.0. The molecule has 142 valence electrons. The number of carbonyl (C=O) groups excluding carboxylic acids is 2. The van der Waals surface area contributed by atoms with Gasteiger partial charge in [-0.15, -0.1) is 0 Å². The summed E-state index contributed by atoms with van der Waals surface area (Å²) in [6.45, 7) is 2.16. The van der Waals surface area contributed by atoms with E-state index in [2.05, 4.69) is 0 Å². The number of halogens is 3. The second kappa shape index (κ2) is 7.49. The van der Waals surface area contributed by atoms with Crippen molar-refractivity contribution < 1.29 is 32.7 Å². The topological polar surface area (TPSA) is 81.2 Å². The van der Waals surface area contributed by atoms with Crippen molar-refractivity contribution in [3.8, 4) is 0 Å². The molecule has 7 nitrogen and oxygen atoms in total. The SMILES string of the molecule is C[C@H]1C(=O)N(CCC(=O)N2CCC(C(F)(F)F)CC2)CCN1C(=O)O. The van der Waals surface area contributed by atoms with E-state index >= 15 is 0 Å². The van der Waals surface area contributed by atoms with E-state index in [4.69, 9.17) is 5.11 Å². The number of hydrogen-bond acceptors (Lipinski definition) is 3. The largest absolute Gasteiger partial charge is 0.465 e. The number of piperazine rings is 1. The van der Waals surface area contributed by atoms with Crippen LogP contribution in [0.25, 0.3) is 0 Å². The second-order valence-electron chi connectivity index (χ2n) is 6.42. The van der Waals surface area contributed by atoms with Gasteiger partial charge in [0, 0.05) is 39.1 Å². The Kier molecular flexibility index (Phi) is 5.79. The maximum Gasteiger partial charge on any atom is 0.408 e. The fourth-order valence-electron chi connectivity index (χ4n) is 3.26. The van der Waals surface area contributed by atoms with Gasteiger partial charge in [0.15, 0.2) is 0 Å². The lowest BCUT2D eigenvalue weighted by Gasteiger charge is -2.38. The van der Waals surface area contributed by atoms with Crippen molar-refractivity contribution in [2.45, 2.75) is 38.4 Å². The Hall–Kier alpha value is -2.00. The molecule has 2 fully saturated rings. The number of hydrogen-bond donors (Lipinski definition) is 1. The van der Waals surface area contributed by atoms with Crippen molar-refractivity contribution in [2.75, 3.05) is 32.7 Å². The van der Waals surface area contributed by atoms with Crippen LogP contribution in [0.15, 0.2) is 0 Å². The van der Waals surface area contributed by atoms with Crippen LogP contribution in [0.4, 0.5) is 18.0 Å². The molecule has 0 spiro atoms. The normalized spacial score (nSPS) is 23.1. The van der Waals surface area contributed by atoms with Gasteiger partial charge in [0.1, 0.15) is 6.04 Å². The molecule has 0 saturated carbocycles. The van der Waals surface area contributed by atoms with E-state index < -0.39 is 24.2 Å². The molecule has 0 bridgehead atoms. The van der Waals surface area contributed by atoms with Crippen LogP contribution in [0.3, 0.4) is 0 Å². The zero-order valence-corrected chi connectivity index (χ0v) is 14.0. The highest BCUT2D eigenvalue weighted by Gasteiger charge is 2.41. The van der Waals surface area contributed by atoms with Crippen LogP contribution < -0.4 is 0 Å². The van der Waals surface area contributed by atoms with Crippen molar-refractivity contribution in [1.29, 1.82) is 0 Å². The molecule has 0 aromatic carbocycles. The van der Waals surface area contributed by atoms with E-state index in [9.17, 15) is 27.6 Å². The number of carbonyl (C=O) groups is 3. The number of rotatable bonds is 3. The average Bonchev–Trinajstić information content (AvgIpc) is 2.55. The first-order valence-electron chi connectivity index (χ1n) is 8.24. The zero-order chi connectivity index (χ0) is 18.8. The number of nitrogens with zero attached hydrogens (tertiary/aromatic N) is 3. The molecule has 10 heteroatoms. The molecule has 0 aromatic rings. The third-order valence-electron chi connectivity index (χ3n) is 4.90. The third kappa shape index (κ3) is 4.55. The van der Waals surface area contributed by atoms with Crippen molar-refractivity contribution in [2.24, 2.45) is 5.92 Å². The molecule has 2 heterocycles. The van der Waals surface area contributed by atoms with E-state index in [1.807, 2.05) is 0 Å². The number of amides is 3. The summed E-state index contributed by atoms with van der Waals surface area (Å²) in [7, 11) is 0. The molecule has 2 aliphatic rings. The number of likely N-dealkylation sites (tertiary alicyclic amines) is 1. The smallest absolute Gasteiger partial charge is 0.408 e. The summed E-state index contributed by atoms with van der Waals surface area (Å²) in [5.41, 5.74) is 0. The molecule has 25 heavy (non-hydrogen) atoms. The average molecular weight is 365 g/mol. The third-order valence-corrected chi connectivity index (χ3v) is 4.90. The molecular formula is C15H22F3N3O4. The highest BCUT2D eigenvalue weighted by molar-refractivity contribution is 5.86. The fourth-order valence-corrected chi connectivity index (χ4v) is 3.26. The van der Waals surface area contributed by atoms with Crippen LogP contribution in [0.1, 0.15) is 26.2 Å². The van der Waals surface area contributed by atoms with Crippen LogP contribution in [-0.2, 0) is 9.59 Å². The summed E-state index contributed by atoms with van der Waals surface area (Å²) >= 11 is 0. The standard InChI is InChI=1S/C15H22F3N3O4/c1-10-13(23)20(8-9-21(10)14(24)25)7-4-12(22)19-5-2-11(3-6-19)15(16,17)18/h10-11H,2-9H2,1H3,(H,24,25)/t10-/m0/s1. The highest BCUT2D eigenvalue weighted by Crippen LogP contribution is 2.34. The summed E-state index contributed by atoms with van der Waals surface area (Å²) in [5, 5.41) is 8.99. The maximum absolute atomic E-state index is 12.6. The van der Waals surface area contributed by atoms with Gasteiger partial charge in [-0.25, -0.2) is 4.79 Å². The fraction of sp³-hybridized carbons (Fsp3) is 0.800. The van der Waals surface area contributed by atoms with Crippen molar-refractivity contribution in [1.82, 2.24) is 14.7 Å². The molecule has 2 saturated heterocycles. The van der Waals surface area contributed by atoms with E-state index in [-0.39, 0.29) is 63.8 Å². The summed E-state index contributed by atoms with van der Waals surface area (Å²) in [4.78, 5) is 39.2. The summed E-state index contributed by atoms with van der Waals surface area (Å²) < 4.78 is 37.9. The Balaban J connectivity index is 1.79. The molecule has 2 aliphatic heterocycles. The van der Waals surface area contributed by atoms with E-state index in [1.165, 1.54) is 16.7 Å². The monoisotopic (exact) mass is 365 g/mol. The molecule has 1 N–H and O–H groups in total. The van der Waals surface area contributed by atoms with Gasteiger partial charge >= 0.3 is 12.3 Å². The lowest BCUT2D eigenvalue weighted by atomic mass is 9.96. The minimum atomic E-state index is -4.22. The minimum Gasteiger partial charge on any atom is -0.465 e. The highest BCUT2D eigenvalue weighted by atomic mass is 19.4. The Morgan fingerprint density at radius 1 is 1.16 bits per heavy atom. The van der Waals surface area contributed by atoms with E-state index in [1.54, 1.807) is 0 Å². The molecule has 2 rings (SSSR count). The van der Waals surface area contributed by atoms with Gasteiger partial charge in [-0.05, 0) is 19.8 Å². The van der Waals surface area contributed by atoms with Crippen LogP contribution in [0.2, 0.25) is 0 Å². The van der Waals surface area contributed by atoms with Gasteiger partial charge in [0.05, 0.1) is 5.92 Å². The van der Waals surface area contributed by atoms with Gasteiger partial charge in [-0.3, -0.25) is 14.5 Å². The van der Waals surface area contributed by atoms with Gasteiger partial charge in [-0.1, -0.05) is 0 Å². The van der Waals surface area contributed by atoms with Crippen molar-refractivity contribution >= 4 is 17.9 Å². The summed E-state index contributed by atoms with van der Waals surface area (Å²) in [5.74, 6) is -2.00. The van der Waals surface area contributed by atoms with Gasteiger partial charge in [0.25, 0.3) is 0 Å². The molecule has 3 amide bonds. The van der Waals surface area contributed by atoms with Gasteiger partial charge < -0.3 is 14.9 Å². The maximum atomic E-state index is 12.6. The number of alkyl halides is 3. The van der Waals surface area contributed by atoms with Crippen LogP contribution in [-0.4, -0.2) is 82.7 Å². The Morgan fingerprint density at radius 3 is 2.28 bits per heavy atom. The van der Waals surface area contributed by atoms with Gasteiger partial charge in [0.2, 0.25) is 11.8 Å². The van der Waals surface area contributed by atoms with E-state index in [0.717, 1.165) is 4.90 Å².